The number of alkyl carbamates (subject to hydrolysis) is 1. The highest BCUT2D eigenvalue weighted by Crippen LogP contribution is 2.22. The second kappa shape index (κ2) is 8.92. The lowest BCUT2D eigenvalue weighted by atomic mass is 9.94. The van der Waals surface area contributed by atoms with Gasteiger partial charge in [0, 0.05) is 13.1 Å². The average molecular weight is 362 g/mol. The molecule has 2 rings (SSSR count). The molecule has 0 radical (unpaired) electrons. The molecule has 144 valence electrons. The Morgan fingerprint density at radius 1 is 1.19 bits per heavy atom. The van der Waals surface area contributed by atoms with Crippen molar-refractivity contribution in [2.24, 2.45) is 5.92 Å². The summed E-state index contributed by atoms with van der Waals surface area (Å²) in [6, 6.07) is 9.53. The van der Waals surface area contributed by atoms with Gasteiger partial charge in [-0.1, -0.05) is 37.3 Å². The lowest BCUT2D eigenvalue weighted by Crippen LogP contribution is -2.51. The van der Waals surface area contributed by atoms with Crippen molar-refractivity contribution in [1.29, 1.82) is 0 Å². The van der Waals surface area contributed by atoms with E-state index in [0.717, 1.165) is 18.4 Å². The van der Waals surface area contributed by atoms with E-state index in [4.69, 9.17) is 9.47 Å². The summed E-state index contributed by atoms with van der Waals surface area (Å²) >= 11 is 0. The van der Waals surface area contributed by atoms with Crippen LogP contribution in [0, 0.1) is 5.92 Å². The van der Waals surface area contributed by atoms with E-state index in [9.17, 15) is 9.59 Å². The van der Waals surface area contributed by atoms with Gasteiger partial charge < -0.3 is 19.7 Å². The van der Waals surface area contributed by atoms with Crippen molar-refractivity contribution in [2.75, 3.05) is 13.1 Å². The Bertz CT molecular complexity index is 598. The molecule has 0 bridgehead atoms. The number of ether oxygens (including phenoxy) is 2. The lowest BCUT2D eigenvalue weighted by Gasteiger charge is -2.38. The van der Waals surface area contributed by atoms with Crippen LogP contribution in [-0.2, 0) is 16.1 Å². The van der Waals surface area contributed by atoms with Crippen molar-refractivity contribution in [2.45, 2.75) is 58.8 Å². The van der Waals surface area contributed by atoms with E-state index in [2.05, 4.69) is 12.2 Å². The van der Waals surface area contributed by atoms with Gasteiger partial charge in [0.25, 0.3) is 0 Å². The molecule has 26 heavy (non-hydrogen) atoms. The van der Waals surface area contributed by atoms with E-state index in [0.29, 0.717) is 19.0 Å². The molecule has 2 amide bonds. The van der Waals surface area contributed by atoms with Crippen LogP contribution >= 0.6 is 0 Å². The molecule has 0 aromatic heterocycles. The van der Waals surface area contributed by atoms with Crippen molar-refractivity contribution in [3.8, 4) is 0 Å². The van der Waals surface area contributed by atoms with E-state index in [1.54, 1.807) is 4.90 Å². The molecule has 1 saturated heterocycles. The molecule has 0 unspecified atom stereocenters. The van der Waals surface area contributed by atoms with Crippen molar-refractivity contribution in [3.05, 3.63) is 35.9 Å². The number of piperidine rings is 1. The van der Waals surface area contributed by atoms with E-state index in [1.807, 2.05) is 51.1 Å². The first-order valence-electron chi connectivity index (χ1n) is 9.19. The molecule has 1 aromatic rings. The van der Waals surface area contributed by atoms with E-state index in [-0.39, 0.29) is 18.7 Å². The zero-order valence-corrected chi connectivity index (χ0v) is 16.2. The first-order chi connectivity index (χ1) is 12.2. The Morgan fingerprint density at radius 2 is 1.88 bits per heavy atom. The van der Waals surface area contributed by atoms with Gasteiger partial charge >= 0.3 is 12.2 Å². The van der Waals surface area contributed by atoms with Crippen LogP contribution in [0.2, 0.25) is 0 Å². The van der Waals surface area contributed by atoms with Crippen molar-refractivity contribution >= 4 is 12.2 Å². The number of likely N-dealkylation sites (tertiary alicyclic amines) is 1. The minimum atomic E-state index is -0.542. The third-order valence-electron chi connectivity index (χ3n) is 4.26. The Balaban J connectivity index is 1.89. The van der Waals surface area contributed by atoms with Crippen LogP contribution in [0.25, 0.3) is 0 Å². The summed E-state index contributed by atoms with van der Waals surface area (Å²) in [6.07, 6.45) is 1.05. The summed E-state index contributed by atoms with van der Waals surface area (Å²) in [4.78, 5) is 26.2. The number of rotatable bonds is 4. The molecule has 1 aliphatic rings. The Kier molecular flexibility index (Phi) is 6.89. The van der Waals surface area contributed by atoms with Crippen molar-refractivity contribution < 1.29 is 19.1 Å². The molecule has 1 aromatic carbocycles. The zero-order chi connectivity index (χ0) is 19.2. The van der Waals surface area contributed by atoms with Gasteiger partial charge in [0.1, 0.15) is 12.2 Å². The van der Waals surface area contributed by atoms with E-state index >= 15 is 0 Å². The first kappa shape index (κ1) is 20.1. The van der Waals surface area contributed by atoms with Crippen LogP contribution in [0.15, 0.2) is 30.3 Å². The van der Waals surface area contributed by atoms with Gasteiger partial charge in [-0.3, -0.25) is 0 Å². The van der Waals surface area contributed by atoms with Gasteiger partial charge in [0.05, 0.1) is 6.04 Å². The molecule has 0 spiro atoms. The molecule has 0 aliphatic carbocycles. The highest BCUT2D eigenvalue weighted by molar-refractivity contribution is 5.69. The molecule has 0 saturated carbocycles. The van der Waals surface area contributed by atoms with Gasteiger partial charge in [-0.2, -0.15) is 0 Å². The molecular formula is C20H30N2O4. The summed E-state index contributed by atoms with van der Waals surface area (Å²) in [5, 5.41) is 2.77. The summed E-state index contributed by atoms with van der Waals surface area (Å²) in [5.74, 6) is 0.414. The molecule has 1 N–H and O–H groups in total. The summed E-state index contributed by atoms with van der Waals surface area (Å²) < 4.78 is 10.7. The Labute approximate surface area is 155 Å². The van der Waals surface area contributed by atoms with Crippen LogP contribution in [-0.4, -0.2) is 41.8 Å². The average Bonchev–Trinajstić information content (AvgIpc) is 2.58. The van der Waals surface area contributed by atoms with E-state index < -0.39 is 11.7 Å². The number of hydrogen-bond donors (Lipinski definition) is 1. The fourth-order valence-electron chi connectivity index (χ4n) is 2.96. The van der Waals surface area contributed by atoms with Crippen LogP contribution in [0.4, 0.5) is 9.59 Å². The SMILES string of the molecule is C[C@@H]1CC[C@H](CNC(=O)OC(C)(C)C)N(C(=O)OCc2ccccc2)C1. The number of nitrogens with zero attached hydrogens (tertiary/aromatic N) is 1. The Hall–Kier alpha value is -2.24. The number of carbonyl (C=O) groups excluding carboxylic acids is 2. The molecule has 1 aliphatic heterocycles. The summed E-state index contributed by atoms with van der Waals surface area (Å²) in [6.45, 7) is 8.83. The van der Waals surface area contributed by atoms with Gasteiger partial charge in [-0.05, 0) is 45.1 Å². The smallest absolute Gasteiger partial charge is 0.410 e. The Morgan fingerprint density at radius 3 is 2.54 bits per heavy atom. The topological polar surface area (TPSA) is 67.9 Å². The number of nitrogens with one attached hydrogen (secondary N) is 1. The quantitative estimate of drug-likeness (QED) is 0.881. The lowest BCUT2D eigenvalue weighted by molar-refractivity contribution is 0.0421. The zero-order valence-electron chi connectivity index (χ0n) is 16.2. The maximum Gasteiger partial charge on any atom is 0.410 e. The maximum atomic E-state index is 12.6. The molecule has 6 heteroatoms. The summed E-state index contributed by atoms with van der Waals surface area (Å²) in [7, 11) is 0. The highest BCUT2D eigenvalue weighted by Gasteiger charge is 2.31. The second-order valence-corrected chi connectivity index (χ2v) is 7.91. The largest absolute Gasteiger partial charge is 0.445 e. The van der Waals surface area contributed by atoms with Crippen molar-refractivity contribution in [3.63, 3.8) is 0 Å². The van der Waals surface area contributed by atoms with Crippen molar-refractivity contribution in [1.82, 2.24) is 10.2 Å². The standard InChI is InChI=1S/C20H30N2O4/c1-15-10-11-17(12-21-18(23)26-20(2,3)4)22(13-15)19(24)25-14-16-8-6-5-7-9-16/h5-9,15,17H,10-14H2,1-4H3,(H,21,23)/t15-,17-/m1/s1. The molecular weight excluding hydrogens is 332 g/mol. The fourth-order valence-corrected chi connectivity index (χ4v) is 2.96. The molecule has 1 fully saturated rings. The number of hydrogen-bond acceptors (Lipinski definition) is 4. The highest BCUT2D eigenvalue weighted by atomic mass is 16.6. The number of carbonyl (C=O) groups is 2. The minimum Gasteiger partial charge on any atom is -0.445 e. The number of amides is 2. The predicted molar refractivity (Wildman–Crippen MR) is 99.8 cm³/mol. The molecule has 2 atom stereocenters. The van der Waals surface area contributed by atoms with E-state index in [1.165, 1.54) is 0 Å². The minimum absolute atomic E-state index is 0.0815. The van der Waals surface area contributed by atoms with Crippen LogP contribution in [0.5, 0.6) is 0 Å². The van der Waals surface area contributed by atoms with Gasteiger partial charge in [0.2, 0.25) is 0 Å². The van der Waals surface area contributed by atoms with Gasteiger partial charge in [0.15, 0.2) is 0 Å². The predicted octanol–water partition coefficient (Wildman–Crippen LogP) is 3.95. The van der Waals surface area contributed by atoms with Gasteiger partial charge in [-0.25, -0.2) is 9.59 Å². The monoisotopic (exact) mass is 362 g/mol. The molecule has 6 nitrogen and oxygen atoms in total. The van der Waals surface area contributed by atoms with Crippen LogP contribution in [0.3, 0.4) is 0 Å². The van der Waals surface area contributed by atoms with Gasteiger partial charge in [-0.15, -0.1) is 0 Å². The second-order valence-electron chi connectivity index (χ2n) is 7.91. The summed E-state index contributed by atoms with van der Waals surface area (Å²) in [5.41, 5.74) is 0.411. The maximum absolute atomic E-state index is 12.6. The van der Waals surface area contributed by atoms with Crippen LogP contribution < -0.4 is 5.32 Å². The number of benzene rings is 1. The first-order valence-corrected chi connectivity index (χ1v) is 9.19. The molecule has 1 heterocycles. The normalized spacial score (nSPS) is 20.4. The van der Waals surface area contributed by atoms with Crippen LogP contribution in [0.1, 0.15) is 46.1 Å². The third-order valence-corrected chi connectivity index (χ3v) is 4.26. The fraction of sp³-hybridized carbons (Fsp3) is 0.600. The third kappa shape index (κ3) is 6.58.